The van der Waals surface area contributed by atoms with Crippen molar-refractivity contribution in [3.8, 4) is 50.2 Å². The van der Waals surface area contributed by atoms with Crippen LogP contribution in [0.2, 0.25) is 0 Å². The second-order valence-electron chi connectivity index (χ2n) is 18.0. The van der Waals surface area contributed by atoms with E-state index in [1.807, 2.05) is 18.2 Å². The van der Waals surface area contributed by atoms with Crippen molar-refractivity contribution in [2.24, 2.45) is 0 Å². The van der Waals surface area contributed by atoms with Gasteiger partial charge in [0.15, 0.2) is 0 Å². The number of benzene rings is 11. The molecule has 0 atom stereocenters. The second-order valence-corrected chi connectivity index (χ2v) is 18.0. The molecule has 0 saturated carbocycles. The summed E-state index contributed by atoms with van der Waals surface area (Å²) in [6.07, 6.45) is 0. The largest absolute Gasteiger partial charge is 0.455 e. The first-order chi connectivity index (χ1) is 34.7. The van der Waals surface area contributed by atoms with Gasteiger partial charge in [0.2, 0.25) is 0 Å². The zero-order valence-electron chi connectivity index (χ0n) is 38.0. The molecule has 11 aromatic carbocycles. The molecule has 0 saturated heterocycles. The number of anilines is 3. The van der Waals surface area contributed by atoms with E-state index in [2.05, 4.69) is 246 Å². The molecule has 0 spiro atoms. The molecule has 0 bridgehead atoms. The Balaban J connectivity index is 0.863. The Labute approximate surface area is 404 Å². The molecule has 328 valence electrons. The van der Waals surface area contributed by atoms with Gasteiger partial charge in [0.25, 0.3) is 0 Å². The Kier molecular flexibility index (Phi) is 9.17. The molecule has 14 aromatic rings. The average molecular weight is 895 g/mol. The topological polar surface area (TPSA) is 34.5 Å². The first-order valence-corrected chi connectivity index (χ1v) is 23.8. The van der Waals surface area contributed by atoms with Gasteiger partial charge in [0, 0.05) is 66.2 Å². The molecule has 3 aromatic heterocycles. The van der Waals surface area contributed by atoms with Crippen molar-refractivity contribution in [1.82, 2.24) is 4.57 Å². The quantitative estimate of drug-likeness (QED) is 0.152. The van der Waals surface area contributed by atoms with Crippen molar-refractivity contribution in [3.05, 3.63) is 255 Å². The van der Waals surface area contributed by atoms with Gasteiger partial charge in [-0.25, -0.2) is 0 Å². The third-order valence-electron chi connectivity index (χ3n) is 14.0. The van der Waals surface area contributed by atoms with Gasteiger partial charge in [-0.05, 0) is 112 Å². The molecule has 0 aliphatic heterocycles. The van der Waals surface area contributed by atoms with E-state index < -0.39 is 0 Å². The molecule has 0 aliphatic carbocycles. The standard InChI is InChI=1S/C66H42N2O2/c1-3-14-44(15-4-1)53-21-12-24-57-59-42-47(34-41-63(59)70-66(53)57)43-28-35-49(36-29-43)67(51-39-32-46(33-40-51)54-22-11-23-56-55-18-8-10-27-62(55)69-65(54)56)50-37-30-45(31-38-50)52-20-13-26-61-64(52)58-19-7-9-25-60(58)68(61)48-16-5-2-6-17-48/h1-42H. The summed E-state index contributed by atoms with van der Waals surface area (Å²) >= 11 is 0. The van der Waals surface area contributed by atoms with E-state index in [1.54, 1.807) is 0 Å². The molecule has 0 radical (unpaired) electrons. The zero-order valence-corrected chi connectivity index (χ0v) is 38.0. The second kappa shape index (κ2) is 16.2. The highest BCUT2D eigenvalue weighted by atomic mass is 16.3. The number of hydrogen-bond donors (Lipinski definition) is 0. The molecule has 0 amide bonds. The lowest BCUT2D eigenvalue weighted by molar-refractivity contribution is 0.669. The predicted octanol–water partition coefficient (Wildman–Crippen LogP) is 18.7. The Morgan fingerprint density at radius 3 is 1.41 bits per heavy atom. The van der Waals surface area contributed by atoms with Crippen LogP contribution in [-0.4, -0.2) is 4.57 Å². The third kappa shape index (κ3) is 6.46. The molecule has 0 aliphatic rings. The number of fused-ring (bicyclic) bond motifs is 9. The summed E-state index contributed by atoms with van der Waals surface area (Å²) in [5.41, 5.74) is 19.3. The molecule has 3 heterocycles. The van der Waals surface area contributed by atoms with Gasteiger partial charge in [0.05, 0.1) is 11.0 Å². The van der Waals surface area contributed by atoms with E-state index in [9.17, 15) is 0 Å². The number of para-hydroxylation sites is 5. The number of nitrogens with zero attached hydrogens (tertiary/aromatic N) is 2. The van der Waals surface area contributed by atoms with E-state index in [-0.39, 0.29) is 0 Å². The van der Waals surface area contributed by atoms with Crippen LogP contribution in [0.5, 0.6) is 0 Å². The normalized spacial score (nSPS) is 11.7. The minimum atomic E-state index is 0.881. The summed E-state index contributed by atoms with van der Waals surface area (Å²) in [6.45, 7) is 0. The SMILES string of the molecule is c1ccc(-c2cccc3c2oc2ccc(-c4ccc(N(c5ccc(-c6cccc7c6oc6ccccc67)cc5)c5ccc(-c6cccc7c6c6ccccc6n7-c6ccccc6)cc5)cc4)cc23)cc1. The maximum absolute atomic E-state index is 6.53. The summed E-state index contributed by atoms with van der Waals surface area (Å²) < 4.78 is 15.4. The van der Waals surface area contributed by atoms with Crippen LogP contribution in [0.25, 0.3) is 116 Å². The number of furan rings is 2. The van der Waals surface area contributed by atoms with E-state index in [0.717, 1.165) is 106 Å². The van der Waals surface area contributed by atoms with Crippen LogP contribution in [0, 0.1) is 0 Å². The van der Waals surface area contributed by atoms with Crippen molar-refractivity contribution >= 4 is 82.7 Å². The first-order valence-electron chi connectivity index (χ1n) is 23.8. The van der Waals surface area contributed by atoms with Gasteiger partial charge < -0.3 is 18.3 Å². The van der Waals surface area contributed by atoms with Gasteiger partial charge in [-0.2, -0.15) is 0 Å². The van der Waals surface area contributed by atoms with Crippen LogP contribution in [0.1, 0.15) is 0 Å². The lowest BCUT2D eigenvalue weighted by Gasteiger charge is -2.26. The molecule has 0 unspecified atom stereocenters. The molecule has 0 N–H and O–H groups in total. The highest BCUT2D eigenvalue weighted by Crippen LogP contribution is 2.43. The summed E-state index contributed by atoms with van der Waals surface area (Å²) in [5.74, 6) is 0. The summed E-state index contributed by atoms with van der Waals surface area (Å²) in [5, 5.41) is 6.95. The minimum absolute atomic E-state index is 0.881. The van der Waals surface area contributed by atoms with Crippen LogP contribution in [0.15, 0.2) is 264 Å². The predicted molar refractivity (Wildman–Crippen MR) is 292 cm³/mol. The molecule has 14 rings (SSSR count). The van der Waals surface area contributed by atoms with Crippen LogP contribution in [0.4, 0.5) is 17.1 Å². The lowest BCUT2D eigenvalue weighted by Crippen LogP contribution is -2.09. The van der Waals surface area contributed by atoms with Crippen LogP contribution in [0.3, 0.4) is 0 Å². The molecular weight excluding hydrogens is 853 g/mol. The maximum atomic E-state index is 6.53. The van der Waals surface area contributed by atoms with Crippen LogP contribution in [-0.2, 0) is 0 Å². The highest BCUT2D eigenvalue weighted by molar-refractivity contribution is 6.16. The molecule has 0 fully saturated rings. The van der Waals surface area contributed by atoms with Gasteiger partial charge in [-0.3, -0.25) is 0 Å². The fraction of sp³-hybridized carbons (Fsp3) is 0. The van der Waals surface area contributed by atoms with E-state index in [1.165, 1.54) is 27.4 Å². The fourth-order valence-electron chi connectivity index (χ4n) is 10.7. The Morgan fingerprint density at radius 1 is 0.286 bits per heavy atom. The lowest BCUT2D eigenvalue weighted by atomic mass is 9.98. The fourth-order valence-corrected chi connectivity index (χ4v) is 10.7. The Bertz CT molecular complexity index is 4260. The highest BCUT2D eigenvalue weighted by Gasteiger charge is 2.20. The van der Waals surface area contributed by atoms with Crippen molar-refractivity contribution in [2.45, 2.75) is 0 Å². The molecular formula is C66H42N2O2. The summed E-state index contributed by atoms with van der Waals surface area (Å²) in [7, 11) is 0. The van der Waals surface area contributed by atoms with Gasteiger partial charge in [0.1, 0.15) is 22.3 Å². The van der Waals surface area contributed by atoms with E-state index in [0.29, 0.717) is 0 Å². The zero-order chi connectivity index (χ0) is 46.1. The average Bonchev–Trinajstić information content (AvgIpc) is 4.12. The number of rotatable bonds is 8. The number of aromatic nitrogens is 1. The molecule has 70 heavy (non-hydrogen) atoms. The van der Waals surface area contributed by atoms with Crippen molar-refractivity contribution < 1.29 is 8.83 Å². The number of hydrogen-bond acceptors (Lipinski definition) is 3. The maximum Gasteiger partial charge on any atom is 0.143 e. The van der Waals surface area contributed by atoms with Crippen molar-refractivity contribution in [3.63, 3.8) is 0 Å². The molecule has 4 heteroatoms. The van der Waals surface area contributed by atoms with Crippen molar-refractivity contribution in [1.29, 1.82) is 0 Å². The smallest absolute Gasteiger partial charge is 0.143 e. The third-order valence-corrected chi connectivity index (χ3v) is 14.0. The van der Waals surface area contributed by atoms with E-state index in [4.69, 9.17) is 8.83 Å². The summed E-state index contributed by atoms with van der Waals surface area (Å²) in [6, 6.07) is 91.0. The molecule has 4 nitrogen and oxygen atoms in total. The van der Waals surface area contributed by atoms with E-state index >= 15 is 0 Å². The summed E-state index contributed by atoms with van der Waals surface area (Å²) in [4.78, 5) is 2.35. The Hall–Kier alpha value is -9.38. The Morgan fingerprint density at radius 2 is 0.743 bits per heavy atom. The minimum Gasteiger partial charge on any atom is -0.455 e. The van der Waals surface area contributed by atoms with Crippen LogP contribution >= 0.6 is 0 Å². The van der Waals surface area contributed by atoms with Gasteiger partial charge in [-0.15, -0.1) is 0 Å². The van der Waals surface area contributed by atoms with Gasteiger partial charge >= 0.3 is 0 Å². The van der Waals surface area contributed by atoms with Crippen LogP contribution < -0.4 is 4.90 Å². The van der Waals surface area contributed by atoms with Gasteiger partial charge in [-0.1, -0.05) is 176 Å². The monoisotopic (exact) mass is 894 g/mol. The first kappa shape index (κ1) is 39.8. The van der Waals surface area contributed by atoms with Crippen molar-refractivity contribution in [2.75, 3.05) is 4.90 Å².